The van der Waals surface area contributed by atoms with Gasteiger partial charge in [-0.2, -0.15) is 0 Å². The molecule has 0 unspecified atom stereocenters. The van der Waals surface area contributed by atoms with Crippen LogP contribution in [0.4, 0.5) is 0 Å². The summed E-state index contributed by atoms with van der Waals surface area (Å²) in [7, 11) is 2.09. The van der Waals surface area contributed by atoms with E-state index >= 15 is 0 Å². The maximum atomic E-state index is 8.97. The molecule has 0 saturated heterocycles. The third kappa shape index (κ3) is 2.74. The topological polar surface area (TPSA) is 17.0 Å². The van der Waals surface area contributed by atoms with Crippen LogP contribution in [0.5, 0.6) is 0 Å². The van der Waals surface area contributed by atoms with E-state index in [0.717, 1.165) is 58.9 Å². The maximum Gasteiger partial charge on any atom is 0.212 e. The van der Waals surface area contributed by atoms with E-state index in [1.807, 2.05) is 0 Å². The summed E-state index contributed by atoms with van der Waals surface area (Å²) >= 11 is 0. The van der Waals surface area contributed by atoms with Crippen LogP contribution < -0.4 is 4.57 Å². The van der Waals surface area contributed by atoms with Crippen molar-refractivity contribution in [2.75, 3.05) is 0 Å². The number of rotatable bonds is 2. The number of fused-ring (bicyclic) bond motifs is 4. The highest BCUT2D eigenvalue weighted by molar-refractivity contribution is 6.11. The molecule has 2 heteroatoms. The molecule has 0 amide bonds. The smallest absolute Gasteiger partial charge is 0.212 e. The van der Waals surface area contributed by atoms with Crippen molar-refractivity contribution in [3.05, 3.63) is 78.0 Å². The fourth-order valence-electron chi connectivity index (χ4n) is 5.03. The van der Waals surface area contributed by atoms with Gasteiger partial charge in [-0.3, -0.25) is 0 Å². The van der Waals surface area contributed by atoms with E-state index in [1.165, 1.54) is 21.9 Å². The van der Waals surface area contributed by atoms with Gasteiger partial charge in [0, 0.05) is 29.8 Å². The zero-order valence-electron chi connectivity index (χ0n) is 18.5. The number of furan rings is 1. The molecule has 2 nitrogen and oxygen atoms in total. The van der Waals surface area contributed by atoms with E-state index in [1.54, 1.807) is 0 Å². The number of nitrogens with zero attached hydrogens (tertiary/aromatic N) is 1. The summed E-state index contributed by atoms with van der Waals surface area (Å²) in [6.45, 7) is 2.15. The predicted molar refractivity (Wildman–Crippen MR) is 124 cm³/mol. The Morgan fingerprint density at radius 1 is 0.900 bits per heavy atom. The molecule has 0 aliphatic heterocycles. The normalized spacial score (nSPS) is 16.5. The van der Waals surface area contributed by atoms with Crippen molar-refractivity contribution < 1.29 is 10.4 Å². The summed E-state index contributed by atoms with van der Waals surface area (Å²) in [6, 6.07) is 21.6. The lowest BCUT2D eigenvalue weighted by molar-refractivity contribution is -0.660. The summed E-state index contributed by atoms with van der Waals surface area (Å²) in [4.78, 5) is 0. The number of pyridine rings is 1. The number of aromatic nitrogens is 1. The van der Waals surface area contributed by atoms with E-state index < -0.39 is 5.89 Å². The van der Waals surface area contributed by atoms with Crippen LogP contribution in [0.2, 0.25) is 0 Å². The molecule has 2 heterocycles. The molecular formula is C28H26NO+. The van der Waals surface area contributed by atoms with Gasteiger partial charge in [0.25, 0.3) is 0 Å². The van der Waals surface area contributed by atoms with E-state index in [4.69, 9.17) is 5.79 Å². The molecule has 1 fully saturated rings. The Bertz CT molecular complexity index is 1470. The number of benzene rings is 3. The Balaban J connectivity index is 1.58. The molecule has 1 aliphatic carbocycles. The molecule has 0 N–H and O–H groups in total. The van der Waals surface area contributed by atoms with Crippen LogP contribution in [0, 0.1) is 6.92 Å². The van der Waals surface area contributed by atoms with Gasteiger partial charge in [0.1, 0.15) is 18.2 Å². The van der Waals surface area contributed by atoms with Crippen LogP contribution in [0.3, 0.4) is 0 Å². The van der Waals surface area contributed by atoms with Gasteiger partial charge in [-0.1, -0.05) is 37.1 Å². The summed E-state index contributed by atoms with van der Waals surface area (Å²) in [6.07, 6.45) is 6.33. The molecule has 30 heavy (non-hydrogen) atoms. The van der Waals surface area contributed by atoms with E-state index in [2.05, 4.69) is 85.4 Å². The number of hydrogen-bond acceptors (Lipinski definition) is 1. The maximum absolute atomic E-state index is 8.97. The Morgan fingerprint density at radius 2 is 1.60 bits per heavy atom. The van der Waals surface area contributed by atoms with E-state index in [-0.39, 0.29) is 0 Å². The number of aryl methyl sites for hydroxylation is 2. The molecular weight excluding hydrogens is 366 g/mol. The lowest BCUT2D eigenvalue weighted by atomic mass is 9.94. The highest BCUT2D eigenvalue weighted by atomic mass is 16.3. The fourth-order valence-corrected chi connectivity index (χ4v) is 5.03. The third-order valence-electron chi connectivity index (χ3n) is 6.73. The van der Waals surface area contributed by atoms with E-state index in [9.17, 15) is 0 Å². The SMILES string of the molecule is [2H]C1(c2cc[n+](C)c(-c3cc4c(cc3C)oc3cc5ccccc5cc34)c2)CCCC1. The van der Waals surface area contributed by atoms with Gasteiger partial charge < -0.3 is 4.42 Å². The predicted octanol–water partition coefficient (Wildman–Crippen LogP) is 7.20. The molecule has 0 radical (unpaired) electrons. The van der Waals surface area contributed by atoms with Crippen molar-refractivity contribution in [2.45, 2.75) is 38.5 Å². The van der Waals surface area contributed by atoms with Gasteiger partial charge >= 0.3 is 0 Å². The Hall–Kier alpha value is -3.13. The molecule has 6 rings (SSSR count). The zero-order chi connectivity index (χ0) is 21.2. The van der Waals surface area contributed by atoms with Crippen LogP contribution in [0.15, 0.2) is 71.3 Å². The molecule has 2 aromatic heterocycles. The fraction of sp³-hybridized carbons (Fsp3) is 0.250. The van der Waals surface area contributed by atoms with Gasteiger partial charge in [-0.05, 0) is 71.8 Å². The second-order valence-electron chi connectivity index (χ2n) is 8.68. The van der Waals surface area contributed by atoms with Crippen LogP contribution in [-0.4, -0.2) is 0 Å². The Kier molecular flexibility index (Phi) is 3.72. The van der Waals surface area contributed by atoms with Gasteiger partial charge in [-0.25, -0.2) is 4.57 Å². The van der Waals surface area contributed by atoms with Gasteiger partial charge in [-0.15, -0.1) is 0 Å². The summed E-state index contributed by atoms with van der Waals surface area (Å²) < 4.78 is 17.4. The molecule has 148 valence electrons. The first kappa shape index (κ1) is 16.6. The van der Waals surface area contributed by atoms with Crippen molar-refractivity contribution in [2.24, 2.45) is 7.05 Å². The highest BCUT2D eigenvalue weighted by Crippen LogP contribution is 2.38. The average Bonchev–Trinajstić information content (AvgIpc) is 3.35. The van der Waals surface area contributed by atoms with Crippen LogP contribution in [0.25, 0.3) is 44.0 Å². The van der Waals surface area contributed by atoms with Gasteiger partial charge in [0.05, 0.1) is 0 Å². The van der Waals surface area contributed by atoms with E-state index in [0.29, 0.717) is 0 Å². The first-order chi connectivity index (χ1) is 15.0. The minimum absolute atomic E-state index is 0.442. The zero-order valence-corrected chi connectivity index (χ0v) is 17.5. The standard InChI is InChI=1S/C28H26NO/c1-18-13-27-25(24-14-20-9-5-6-10-21(20)16-28(24)30-27)17-23(18)26-15-22(11-12-29(26)2)19-7-3-4-8-19/h5-6,9-17,19H,3-4,7-8H2,1-2H3/q+1/i19D. The van der Waals surface area contributed by atoms with Crippen molar-refractivity contribution in [1.29, 1.82) is 0 Å². The molecule has 0 spiro atoms. The molecule has 1 saturated carbocycles. The summed E-state index contributed by atoms with van der Waals surface area (Å²) in [5, 5.41) is 4.72. The monoisotopic (exact) mass is 393 g/mol. The van der Waals surface area contributed by atoms with Crippen molar-refractivity contribution in [3.63, 3.8) is 0 Å². The highest BCUT2D eigenvalue weighted by Gasteiger charge is 2.22. The molecule has 0 bridgehead atoms. The molecule has 5 aromatic rings. The molecule has 3 aromatic carbocycles. The van der Waals surface area contributed by atoms with Crippen molar-refractivity contribution in [1.82, 2.24) is 0 Å². The average molecular weight is 394 g/mol. The largest absolute Gasteiger partial charge is 0.456 e. The second kappa shape index (κ2) is 6.70. The van der Waals surface area contributed by atoms with Crippen molar-refractivity contribution >= 4 is 32.7 Å². The van der Waals surface area contributed by atoms with Gasteiger partial charge in [0.15, 0.2) is 6.20 Å². The minimum atomic E-state index is -0.442. The Labute approximate surface area is 178 Å². The van der Waals surface area contributed by atoms with Crippen LogP contribution >= 0.6 is 0 Å². The lowest BCUT2D eigenvalue weighted by Crippen LogP contribution is -2.31. The quantitative estimate of drug-likeness (QED) is 0.290. The lowest BCUT2D eigenvalue weighted by Gasteiger charge is -2.11. The summed E-state index contributed by atoms with van der Waals surface area (Å²) in [5.41, 5.74) is 6.55. The first-order valence-electron chi connectivity index (χ1n) is 11.4. The second-order valence-corrected chi connectivity index (χ2v) is 8.68. The minimum Gasteiger partial charge on any atom is -0.456 e. The van der Waals surface area contributed by atoms with Crippen LogP contribution in [-0.2, 0) is 7.05 Å². The first-order valence-corrected chi connectivity index (χ1v) is 10.9. The van der Waals surface area contributed by atoms with Crippen LogP contribution in [0.1, 0.15) is 44.1 Å². The van der Waals surface area contributed by atoms with Gasteiger partial charge in [0.2, 0.25) is 5.69 Å². The molecule has 1 aliphatic rings. The number of hydrogen-bond donors (Lipinski definition) is 0. The third-order valence-corrected chi connectivity index (χ3v) is 6.73. The molecule has 0 atom stereocenters. The summed E-state index contributed by atoms with van der Waals surface area (Å²) in [5.74, 6) is -0.442. The Morgan fingerprint density at radius 3 is 2.40 bits per heavy atom. The van der Waals surface area contributed by atoms with Crippen molar-refractivity contribution in [3.8, 4) is 11.3 Å².